The van der Waals surface area contributed by atoms with Crippen molar-refractivity contribution in [3.8, 4) is 5.75 Å². The van der Waals surface area contributed by atoms with E-state index >= 15 is 0 Å². The third-order valence-corrected chi connectivity index (χ3v) is 3.56. The molecule has 24 heavy (non-hydrogen) atoms. The number of hydrazone groups is 1. The van der Waals surface area contributed by atoms with Gasteiger partial charge in [0.2, 0.25) is 5.91 Å². The Labute approximate surface area is 138 Å². The predicted molar refractivity (Wildman–Crippen MR) is 91.4 cm³/mol. The van der Waals surface area contributed by atoms with E-state index in [4.69, 9.17) is 0 Å². The number of nitrogens with zero attached hydrogens (tertiary/aromatic N) is 2. The van der Waals surface area contributed by atoms with E-state index in [1.807, 2.05) is 24.3 Å². The number of hydrogen-bond acceptors (Lipinski definition) is 4. The molecule has 0 radical (unpaired) electrons. The van der Waals surface area contributed by atoms with Crippen LogP contribution in [0.4, 0.5) is 0 Å². The van der Waals surface area contributed by atoms with Crippen molar-refractivity contribution in [2.75, 3.05) is 0 Å². The SMILES string of the molecule is CC(=O)n1cc(/C=N/NC(=O)c2cccc(O)c2)c2ccccc21. The van der Waals surface area contributed by atoms with Crippen molar-refractivity contribution in [2.24, 2.45) is 5.10 Å². The fourth-order valence-electron chi connectivity index (χ4n) is 2.44. The number of aromatic hydroxyl groups is 1. The van der Waals surface area contributed by atoms with Gasteiger partial charge in [-0.1, -0.05) is 24.3 Å². The summed E-state index contributed by atoms with van der Waals surface area (Å²) in [6, 6.07) is 13.4. The molecule has 0 spiro atoms. The average Bonchev–Trinajstić information content (AvgIpc) is 2.94. The van der Waals surface area contributed by atoms with Crippen molar-refractivity contribution in [3.05, 3.63) is 65.9 Å². The first-order valence-corrected chi connectivity index (χ1v) is 7.30. The van der Waals surface area contributed by atoms with Gasteiger partial charge in [0.25, 0.3) is 5.91 Å². The summed E-state index contributed by atoms with van der Waals surface area (Å²) in [5.41, 5.74) is 4.21. The lowest BCUT2D eigenvalue weighted by Gasteiger charge is -1.99. The molecule has 0 aliphatic carbocycles. The topological polar surface area (TPSA) is 83.7 Å². The minimum absolute atomic E-state index is 0.0103. The third-order valence-electron chi connectivity index (χ3n) is 3.56. The van der Waals surface area contributed by atoms with Gasteiger partial charge in [-0.25, -0.2) is 5.43 Å². The first-order valence-electron chi connectivity index (χ1n) is 7.30. The molecule has 3 rings (SSSR count). The molecule has 6 heteroatoms. The molecule has 0 saturated heterocycles. The number of nitrogens with one attached hydrogen (secondary N) is 1. The van der Waals surface area contributed by atoms with E-state index in [1.165, 1.54) is 29.8 Å². The van der Waals surface area contributed by atoms with Gasteiger partial charge in [0.1, 0.15) is 5.75 Å². The van der Waals surface area contributed by atoms with Crippen LogP contribution in [0.15, 0.2) is 59.8 Å². The monoisotopic (exact) mass is 321 g/mol. The Morgan fingerprint density at radius 3 is 2.71 bits per heavy atom. The summed E-state index contributed by atoms with van der Waals surface area (Å²) in [7, 11) is 0. The molecule has 6 nitrogen and oxygen atoms in total. The van der Waals surface area contributed by atoms with Gasteiger partial charge < -0.3 is 5.11 Å². The number of para-hydroxylation sites is 1. The van der Waals surface area contributed by atoms with Crippen LogP contribution in [0.3, 0.4) is 0 Å². The van der Waals surface area contributed by atoms with Gasteiger partial charge in [0.15, 0.2) is 0 Å². The molecular weight excluding hydrogens is 306 g/mol. The highest BCUT2D eigenvalue weighted by Crippen LogP contribution is 2.19. The lowest BCUT2D eigenvalue weighted by atomic mass is 10.2. The maximum absolute atomic E-state index is 12.0. The molecule has 120 valence electrons. The predicted octanol–water partition coefficient (Wildman–Crippen LogP) is 2.77. The normalized spacial score (nSPS) is 11.0. The maximum Gasteiger partial charge on any atom is 0.271 e. The Morgan fingerprint density at radius 2 is 1.96 bits per heavy atom. The summed E-state index contributed by atoms with van der Waals surface area (Å²) in [5.74, 6) is -0.525. The number of phenolic OH excluding ortho intramolecular Hbond substituents is 1. The molecule has 0 fully saturated rings. The van der Waals surface area contributed by atoms with Crippen LogP contribution in [0.25, 0.3) is 10.9 Å². The largest absolute Gasteiger partial charge is 0.508 e. The molecule has 0 aliphatic heterocycles. The van der Waals surface area contributed by atoms with E-state index in [2.05, 4.69) is 10.5 Å². The van der Waals surface area contributed by atoms with Crippen LogP contribution < -0.4 is 5.43 Å². The van der Waals surface area contributed by atoms with E-state index in [-0.39, 0.29) is 11.7 Å². The van der Waals surface area contributed by atoms with Gasteiger partial charge in [-0.15, -0.1) is 0 Å². The lowest BCUT2D eigenvalue weighted by molar-refractivity contribution is 0.0937. The Bertz CT molecular complexity index is 957. The lowest BCUT2D eigenvalue weighted by Crippen LogP contribution is -2.17. The molecule has 2 aromatic carbocycles. The molecule has 0 aliphatic rings. The van der Waals surface area contributed by atoms with E-state index in [0.29, 0.717) is 5.56 Å². The highest BCUT2D eigenvalue weighted by atomic mass is 16.3. The second kappa shape index (κ2) is 6.37. The first kappa shape index (κ1) is 15.5. The van der Waals surface area contributed by atoms with Crippen LogP contribution >= 0.6 is 0 Å². The Morgan fingerprint density at radius 1 is 1.17 bits per heavy atom. The molecule has 2 N–H and O–H groups in total. The van der Waals surface area contributed by atoms with Gasteiger partial charge in [0, 0.05) is 29.6 Å². The van der Waals surface area contributed by atoms with E-state index in [9.17, 15) is 14.7 Å². The first-order chi connectivity index (χ1) is 11.6. The smallest absolute Gasteiger partial charge is 0.271 e. The molecule has 0 saturated carbocycles. The van der Waals surface area contributed by atoms with Crippen LogP contribution in [-0.2, 0) is 0 Å². The Kier molecular flexibility index (Phi) is 4.11. The van der Waals surface area contributed by atoms with Gasteiger partial charge in [0.05, 0.1) is 11.7 Å². The summed E-state index contributed by atoms with van der Waals surface area (Å²) in [6.07, 6.45) is 3.17. The van der Waals surface area contributed by atoms with Crippen molar-refractivity contribution in [1.82, 2.24) is 9.99 Å². The van der Waals surface area contributed by atoms with Gasteiger partial charge in [-0.2, -0.15) is 5.10 Å². The van der Waals surface area contributed by atoms with E-state index in [1.54, 1.807) is 18.3 Å². The highest BCUT2D eigenvalue weighted by Gasteiger charge is 2.09. The van der Waals surface area contributed by atoms with E-state index in [0.717, 1.165) is 16.5 Å². The second-order valence-corrected chi connectivity index (χ2v) is 5.24. The van der Waals surface area contributed by atoms with Crippen LogP contribution in [0.2, 0.25) is 0 Å². The van der Waals surface area contributed by atoms with Crippen LogP contribution in [0, 0.1) is 0 Å². The zero-order chi connectivity index (χ0) is 17.1. The molecule has 1 amide bonds. The number of phenols is 1. The fraction of sp³-hybridized carbons (Fsp3) is 0.0556. The van der Waals surface area contributed by atoms with Crippen molar-refractivity contribution in [3.63, 3.8) is 0 Å². The third kappa shape index (κ3) is 3.03. The minimum Gasteiger partial charge on any atom is -0.508 e. The Balaban J connectivity index is 1.83. The number of carbonyl (C=O) groups excluding carboxylic acids is 2. The number of carbonyl (C=O) groups is 2. The molecule has 0 bridgehead atoms. The quantitative estimate of drug-likeness (QED) is 0.575. The van der Waals surface area contributed by atoms with Crippen molar-refractivity contribution in [2.45, 2.75) is 6.92 Å². The number of aromatic nitrogens is 1. The minimum atomic E-state index is -0.433. The summed E-state index contributed by atoms with van der Waals surface area (Å²) in [4.78, 5) is 23.7. The Hall–Kier alpha value is -3.41. The standard InChI is InChI=1S/C18H15N3O3/c1-12(22)21-11-14(16-7-2-3-8-17(16)21)10-19-20-18(24)13-5-4-6-15(23)9-13/h2-11,23H,1H3,(H,20,24)/b19-10+. The zero-order valence-corrected chi connectivity index (χ0v) is 12.9. The second-order valence-electron chi connectivity index (χ2n) is 5.24. The highest BCUT2D eigenvalue weighted by molar-refractivity contribution is 6.03. The van der Waals surface area contributed by atoms with Crippen LogP contribution in [0.1, 0.15) is 27.6 Å². The number of amides is 1. The number of benzene rings is 2. The van der Waals surface area contributed by atoms with Gasteiger partial charge >= 0.3 is 0 Å². The van der Waals surface area contributed by atoms with Gasteiger partial charge in [-0.3, -0.25) is 14.2 Å². The van der Waals surface area contributed by atoms with Crippen molar-refractivity contribution in [1.29, 1.82) is 0 Å². The number of fused-ring (bicyclic) bond motifs is 1. The summed E-state index contributed by atoms with van der Waals surface area (Å²) in [5, 5.41) is 14.2. The van der Waals surface area contributed by atoms with Crippen LogP contribution in [-0.4, -0.2) is 27.7 Å². The number of rotatable bonds is 3. The van der Waals surface area contributed by atoms with Crippen molar-refractivity contribution >= 4 is 28.9 Å². The molecular formula is C18H15N3O3. The molecule has 0 unspecified atom stereocenters. The molecule has 3 aromatic rings. The molecule has 1 aromatic heterocycles. The summed E-state index contributed by atoms with van der Waals surface area (Å²) < 4.78 is 1.54. The molecule has 0 atom stereocenters. The fourth-order valence-corrected chi connectivity index (χ4v) is 2.44. The zero-order valence-electron chi connectivity index (χ0n) is 12.9. The molecule has 1 heterocycles. The average molecular weight is 321 g/mol. The number of hydrogen-bond donors (Lipinski definition) is 2. The summed E-state index contributed by atoms with van der Waals surface area (Å²) in [6.45, 7) is 1.48. The summed E-state index contributed by atoms with van der Waals surface area (Å²) >= 11 is 0. The van der Waals surface area contributed by atoms with Gasteiger partial charge in [-0.05, 0) is 24.3 Å². The maximum atomic E-state index is 12.0. The van der Waals surface area contributed by atoms with Crippen molar-refractivity contribution < 1.29 is 14.7 Å². The van der Waals surface area contributed by atoms with Crippen LogP contribution in [0.5, 0.6) is 5.75 Å². The van der Waals surface area contributed by atoms with E-state index < -0.39 is 5.91 Å².